The lowest BCUT2D eigenvalue weighted by Crippen LogP contribution is -2.64. The number of aliphatic hydroxyl groups excluding tert-OH is 9. The van der Waals surface area contributed by atoms with Crippen molar-refractivity contribution in [2.75, 3.05) is 79.5 Å². The zero-order valence-electron chi connectivity index (χ0n) is 48.3. The minimum absolute atomic E-state index is 0.000278. The molecular formula is C52H92N8O24. The van der Waals surface area contributed by atoms with Crippen LogP contribution in [0.25, 0.3) is 0 Å². The average molecular weight is 1210 g/mol. The van der Waals surface area contributed by atoms with Gasteiger partial charge < -0.3 is 122 Å². The number of hydrogen-bond acceptors (Lipinski definition) is 24. The first-order valence-corrected chi connectivity index (χ1v) is 28.4. The molecule has 6 unspecified atom stereocenters. The van der Waals surface area contributed by atoms with Crippen LogP contribution in [0.4, 0.5) is 0 Å². The minimum atomic E-state index is -1.54. The summed E-state index contributed by atoms with van der Waals surface area (Å²) < 4.78 is 39.0. The molecule has 3 rings (SSSR count). The predicted octanol–water partition coefficient (Wildman–Crippen LogP) is -7.10. The van der Waals surface area contributed by atoms with E-state index in [-0.39, 0.29) is 122 Å². The van der Waals surface area contributed by atoms with Crippen LogP contribution in [-0.4, -0.2) is 270 Å². The number of carbonyl (C=O) groups excluding carboxylic acids is 8. The van der Waals surface area contributed by atoms with Crippen LogP contribution in [0.2, 0.25) is 0 Å². The standard InChI is InChI=1S/C52H92N8O24/c1-29(64)57-40-46(75)43(72)32(26-61)82-49(40)79-23-7-19-54-36(68)12-15-52(60-39(71)11-5-10-35(67)53-18-6-22-78-4,16-13-37(69)55-20-8-24-80-50-41(58-30(2)65)47(76)44(73)33(27-62)83-50)17-14-38(70)56-21-9-25-81-51-42(59-31(3)66)48(77)45(74)34(28-63)84-51/h32-34,40-51,61-63,72-77H,5-28H2,1-4H3,(H,53,67)(H,54,68)(H,55,69)(H,56,70)(H,57,64)(H,58,65)(H,59,66)(H,60,71)/t32?,33?,34?,40-,41-,42-,43-,44-,45-,46?,47?,48?,49+,50+,51+,52?/m0/s1. The van der Waals surface area contributed by atoms with Gasteiger partial charge in [0.05, 0.1) is 39.6 Å². The maximum atomic E-state index is 13.8. The van der Waals surface area contributed by atoms with E-state index in [0.29, 0.717) is 19.6 Å². The molecule has 0 aromatic heterocycles. The van der Waals surface area contributed by atoms with Gasteiger partial charge in [-0.1, -0.05) is 0 Å². The molecule has 484 valence electrons. The lowest BCUT2D eigenvalue weighted by atomic mass is 9.82. The Hall–Kier alpha value is -4.88. The Bertz CT molecular complexity index is 1850. The Balaban J connectivity index is 1.75. The normalized spacial score (nSPS) is 28.4. The van der Waals surface area contributed by atoms with Crippen molar-refractivity contribution < 1.29 is 117 Å². The number of methoxy groups -OCH3 is 1. The van der Waals surface area contributed by atoms with Crippen molar-refractivity contribution in [3.63, 3.8) is 0 Å². The number of carbonyl (C=O) groups is 8. The zero-order chi connectivity index (χ0) is 62.4. The summed E-state index contributed by atoms with van der Waals surface area (Å²) in [5.74, 6) is -3.97. The fourth-order valence-corrected chi connectivity index (χ4v) is 9.52. The third-order valence-electron chi connectivity index (χ3n) is 14.1. The molecule has 32 nitrogen and oxygen atoms in total. The van der Waals surface area contributed by atoms with Crippen LogP contribution >= 0.6 is 0 Å². The summed E-state index contributed by atoms with van der Waals surface area (Å²) in [6.07, 6.45) is -16.6. The van der Waals surface area contributed by atoms with E-state index < -0.39 is 159 Å². The smallest absolute Gasteiger partial charge is 0.220 e. The van der Waals surface area contributed by atoms with E-state index in [1.54, 1.807) is 0 Å². The molecule has 8 amide bonds. The van der Waals surface area contributed by atoms with Crippen molar-refractivity contribution in [3.8, 4) is 0 Å². The zero-order valence-corrected chi connectivity index (χ0v) is 48.3. The highest BCUT2D eigenvalue weighted by molar-refractivity contribution is 5.81. The van der Waals surface area contributed by atoms with Gasteiger partial charge in [-0.2, -0.15) is 0 Å². The molecule has 0 aromatic carbocycles. The summed E-state index contributed by atoms with van der Waals surface area (Å²) in [6, 6.07) is -3.56. The van der Waals surface area contributed by atoms with Gasteiger partial charge in [0.25, 0.3) is 0 Å². The maximum absolute atomic E-state index is 13.8. The molecule has 3 saturated heterocycles. The average Bonchev–Trinajstić information content (AvgIpc) is 2.87. The van der Waals surface area contributed by atoms with Gasteiger partial charge in [-0.05, 0) is 51.4 Å². The molecule has 3 fully saturated rings. The second-order valence-corrected chi connectivity index (χ2v) is 20.9. The van der Waals surface area contributed by atoms with Crippen molar-refractivity contribution in [3.05, 3.63) is 0 Å². The molecule has 32 heteroatoms. The van der Waals surface area contributed by atoms with Crippen molar-refractivity contribution in [1.82, 2.24) is 42.5 Å². The molecule has 0 saturated carbocycles. The van der Waals surface area contributed by atoms with E-state index in [1.807, 2.05) is 0 Å². The van der Waals surface area contributed by atoms with Gasteiger partial charge >= 0.3 is 0 Å². The second kappa shape index (κ2) is 39.0. The van der Waals surface area contributed by atoms with E-state index in [0.717, 1.165) is 0 Å². The van der Waals surface area contributed by atoms with Gasteiger partial charge in [0, 0.05) is 98.3 Å². The summed E-state index contributed by atoms with van der Waals surface area (Å²) >= 11 is 0. The van der Waals surface area contributed by atoms with Crippen molar-refractivity contribution >= 4 is 47.3 Å². The van der Waals surface area contributed by atoms with Gasteiger partial charge in [0.2, 0.25) is 47.3 Å². The summed E-state index contributed by atoms with van der Waals surface area (Å²) in [4.78, 5) is 103. The van der Waals surface area contributed by atoms with E-state index in [2.05, 4.69) is 42.5 Å². The van der Waals surface area contributed by atoms with Gasteiger partial charge in [-0.25, -0.2) is 0 Å². The van der Waals surface area contributed by atoms with Crippen molar-refractivity contribution in [2.45, 2.75) is 202 Å². The van der Waals surface area contributed by atoms with E-state index in [4.69, 9.17) is 33.2 Å². The van der Waals surface area contributed by atoms with Gasteiger partial charge in [0.15, 0.2) is 18.9 Å². The number of nitrogens with one attached hydrogen (secondary N) is 8. The van der Waals surface area contributed by atoms with E-state index in [1.165, 1.54) is 27.9 Å². The van der Waals surface area contributed by atoms with Crippen LogP contribution < -0.4 is 42.5 Å². The molecule has 3 aliphatic heterocycles. The molecule has 0 bridgehead atoms. The number of ether oxygens (including phenoxy) is 7. The lowest BCUT2D eigenvalue weighted by Gasteiger charge is -2.42. The third-order valence-corrected chi connectivity index (χ3v) is 14.1. The fraction of sp³-hybridized carbons (Fsp3) is 0.846. The SMILES string of the molecule is COCCCNC(=O)CCCC(=O)NC(CCC(=O)NCCCO[C@@H]1OC(CO)[C@H](O)C(O)[C@@H]1NC(C)=O)(CCC(=O)NCCCO[C@@H]1OC(CO)[C@H](O)C(O)[C@@H]1NC(C)=O)CCC(=O)NCCCO[C@@H]1OC(CO)[C@H](O)C(O)[C@@H]1NC(C)=O. The van der Waals surface area contributed by atoms with Crippen LogP contribution in [0.1, 0.15) is 104 Å². The Morgan fingerprint density at radius 1 is 0.405 bits per heavy atom. The molecule has 3 heterocycles. The quantitative estimate of drug-likeness (QED) is 0.0254. The van der Waals surface area contributed by atoms with Gasteiger partial charge in [-0.3, -0.25) is 38.4 Å². The number of aliphatic hydroxyl groups is 9. The topological polar surface area (TPSA) is 479 Å². The molecule has 0 radical (unpaired) electrons. The first-order valence-electron chi connectivity index (χ1n) is 28.4. The van der Waals surface area contributed by atoms with Crippen LogP contribution in [-0.2, 0) is 71.5 Å². The highest BCUT2D eigenvalue weighted by Crippen LogP contribution is 2.28. The Kier molecular flexibility index (Phi) is 34.1. The summed E-state index contributed by atoms with van der Waals surface area (Å²) in [7, 11) is 1.53. The molecule has 0 aliphatic carbocycles. The largest absolute Gasteiger partial charge is 0.394 e. The summed E-state index contributed by atoms with van der Waals surface area (Å²) in [5.41, 5.74) is -1.40. The summed E-state index contributed by atoms with van der Waals surface area (Å²) in [5, 5.41) is 113. The van der Waals surface area contributed by atoms with E-state index >= 15 is 0 Å². The third kappa shape index (κ3) is 25.6. The molecule has 15 atom stereocenters. The first kappa shape index (κ1) is 73.4. The molecule has 17 N–H and O–H groups in total. The van der Waals surface area contributed by atoms with Crippen LogP contribution in [0, 0.1) is 0 Å². The van der Waals surface area contributed by atoms with Crippen molar-refractivity contribution in [2.24, 2.45) is 0 Å². The second-order valence-electron chi connectivity index (χ2n) is 20.9. The molecule has 84 heavy (non-hydrogen) atoms. The van der Waals surface area contributed by atoms with Crippen molar-refractivity contribution in [1.29, 1.82) is 0 Å². The number of rotatable bonds is 39. The lowest BCUT2D eigenvalue weighted by molar-refractivity contribution is -0.270. The highest BCUT2D eigenvalue weighted by Gasteiger charge is 2.48. The van der Waals surface area contributed by atoms with E-state index in [9.17, 15) is 84.3 Å². The molecule has 3 aliphatic rings. The number of hydrogen-bond donors (Lipinski definition) is 17. The molecule has 0 aromatic rings. The fourth-order valence-electron chi connectivity index (χ4n) is 9.52. The minimum Gasteiger partial charge on any atom is -0.394 e. The van der Waals surface area contributed by atoms with Gasteiger partial charge in [0.1, 0.15) is 73.1 Å². The monoisotopic (exact) mass is 1210 g/mol. The highest BCUT2D eigenvalue weighted by atomic mass is 16.7. The Labute approximate surface area is 487 Å². The molecular weight excluding hydrogens is 1120 g/mol. The van der Waals surface area contributed by atoms with Crippen LogP contribution in [0.5, 0.6) is 0 Å². The summed E-state index contributed by atoms with van der Waals surface area (Å²) in [6.45, 7) is 2.26. The predicted molar refractivity (Wildman–Crippen MR) is 289 cm³/mol. The Morgan fingerprint density at radius 2 is 0.690 bits per heavy atom. The Morgan fingerprint density at radius 3 is 0.976 bits per heavy atom. The number of amides is 8. The van der Waals surface area contributed by atoms with Crippen LogP contribution in [0.15, 0.2) is 0 Å². The molecule has 0 spiro atoms. The van der Waals surface area contributed by atoms with Crippen LogP contribution in [0.3, 0.4) is 0 Å². The van der Waals surface area contributed by atoms with Gasteiger partial charge in [-0.15, -0.1) is 0 Å². The first-order chi connectivity index (χ1) is 40.0. The maximum Gasteiger partial charge on any atom is 0.220 e.